The van der Waals surface area contributed by atoms with Crippen LogP contribution < -0.4 is 14.2 Å². The van der Waals surface area contributed by atoms with Crippen LogP contribution in [0.2, 0.25) is 0 Å². The molecule has 49 heavy (non-hydrogen) atoms. The third-order valence-corrected chi connectivity index (χ3v) is 10.7. The number of esters is 1. The van der Waals surface area contributed by atoms with Crippen molar-refractivity contribution in [2.75, 3.05) is 0 Å². The Morgan fingerprint density at radius 2 is 1.67 bits per heavy atom. The minimum absolute atomic E-state index is 0.0535. The number of carboxylic acid groups (broad SMARTS) is 1. The summed E-state index contributed by atoms with van der Waals surface area (Å²) < 4.78 is 26.7. The van der Waals surface area contributed by atoms with Gasteiger partial charge in [-0.2, -0.15) is 0 Å². The van der Waals surface area contributed by atoms with Crippen molar-refractivity contribution < 1.29 is 43.2 Å². The van der Waals surface area contributed by atoms with Crippen LogP contribution in [-0.4, -0.2) is 51.0 Å². The highest BCUT2D eigenvalue weighted by molar-refractivity contribution is 6.19. The zero-order valence-electron chi connectivity index (χ0n) is 29.9. The first-order valence-electron chi connectivity index (χ1n) is 17.0. The largest absolute Gasteiger partial charge is 0.482 e. The van der Waals surface area contributed by atoms with Gasteiger partial charge < -0.3 is 24.1 Å². The van der Waals surface area contributed by atoms with E-state index >= 15 is 4.79 Å². The lowest BCUT2D eigenvalue weighted by atomic mass is 9.51. The van der Waals surface area contributed by atoms with Crippen molar-refractivity contribution in [1.82, 2.24) is 0 Å². The summed E-state index contributed by atoms with van der Waals surface area (Å²) in [6.07, 6.45) is 13.3. The van der Waals surface area contributed by atoms with E-state index in [1.165, 1.54) is 25.5 Å². The molecular weight excluding hydrogens is 624 g/mol. The summed E-state index contributed by atoms with van der Waals surface area (Å²) in [6, 6.07) is 0. The lowest BCUT2D eigenvalue weighted by Gasteiger charge is -2.56. The summed E-state index contributed by atoms with van der Waals surface area (Å²) >= 11 is 0. The third-order valence-electron chi connectivity index (χ3n) is 10.7. The van der Waals surface area contributed by atoms with Crippen molar-refractivity contribution in [3.8, 4) is 17.2 Å². The predicted molar refractivity (Wildman–Crippen MR) is 184 cm³/mol. The molecule has 4 bridgehead atoms. The molecule has 1 unspecified atom stereocenters. The molecule has 1 aromatic rings. The van der Waals surface area contributed by atoms with Crippen LogP contribution in [-0.2, 0) is 25.5 Å². The van der Waals surface area contributed by atoms with Crippen LogP contribution in [0.3, 0.4) is 0 Å². The van der Waals surface area contributed by atoms with Gasteiger partial charge in [-0.05, 0) is 93.2 Å². The fourth-order valence-corrected chi connectivity index (χ4v) is 8.41. The lowest BCUT2D eigenvalue weighted by Crippen LogP contribution is -2.72. The zero-order valence-corrected chi connectivity index (χ0v) is 29.9. The Hall–Kier alpha value is -4.24. The Balaban J connectivity index is 1.64. The maximum Gasteiger partial charge on any atom is 0.330 e. The summed E-state index contributed by atoms with van der Waals surface area (Å²) in [5.41, 5.74) is -1.08. The molecule has 0 amide bonds. The maximum absolute atomic E-state index is 15.1. The van der Waals surface area contributed by atoms with Crippen LogP contribution in [0.15, 0.2) is 52.7 Å². The average Bonchev–Trinajstić information content (AvgIpc) is 3.15. The molecule has 7 rings (SSSR count). The summed E-state index contributed by atoms with van der Waals surface area (Å²) in [7, 11) is 0. The number of rotatable bonds is 9. The molecular formula is C40H46O9. The van der Waals surface area contributed by atoms with E-state index in [4.69, 9.17) is 18.9 Å². The Labute approximate surface area is 287 Å². The van der Waals surface area contributed by atoms with E-state index in [1.54, 1.807) is 6.08 Å². The third kappa shape index (κ3) is 5.23. The highest BCUT2D eigenvalue weighted by atomic mass is 16.6. The van der Waals surface area contributed by atoms with Gasteiger partial charge in [-0.1, -0.05) is 35.5 Å². The van der Waals surface area contributed by atoms with Crippen molar-refractivity contribution in [1.29, 1.82) is 0 Å². The summed E-state index contributed by atoms with van der Waals surface area (Å²) in [6.45, 7) is 16.6. The van der Waals surface area contributed by atoms with E-state index < -0.39 is 52.0 Å². The zero-order chi connectivity index (χ0) is 35.8. The first-order valence-corrected chi connectivity index (χ1v) is 17.0. The molecule has 0 radical (unpaired) electrons. The molecule has 2 fully saturated rings. The topological polar surface area (TPSA) is 125 Å². The van der Waals surface area contributed by atoms with Gasteiger partial charge in [0.25, 0.3) is 0 Å². The number of fused-ring (bicyclic) bond motifs is 2. The van der Waals surface area contributed by atoms with Crippen molar-refractivity contribution >= 4 is 29.6 Å². The minimum atomic E-state index is -1.66. The van der Waals surface area contributed by atoms with Gasteiger partial charge in [0, 0.05) is 41.9 Å². The smallest absolute Gasteiger partial charge is 0.330 e. The molecule has 260 valence electrons. The molecule has 0 aromatic heterocycles. The van der Waals surface area contributed by atoms with Gasteiger partial charge >= 0.3 is 11.9 Å². The van der Waals surface area contributed by atoms with E-state index in [2.05, 4.69) is 6.08 Å². The first-order chi connectivity index (χ1) is 22.9. The monoisotopic (exact) mass is 670 g/mol. The lowest BCUT2D eigenvalue weighted by molar-refractivity contribution is -0.171. The second kappa shape index (κ2) is 11.7. The van der Waals surface area contributed by atoms with Crippen molar-refractivity contribution in [2.45, 2.75) is 117 Å². The molecule has 9 heteroatoms. The van der Waals surface area contributed by atoms with Gasteiger partial charge in [-0.25, -0.2) is 4.79 Å². The molecule has 5 atom stereocenters. The predicted octanol–water partition coefficient (Wildman–Crippen LogP) is 7.46. The number of benzene rings is 1. The van der Waals surface area contributed by atoms with Crippen LogP contribution in [0.25, 0.3) is 6.08 Å². The Kier molecular flexibility index (Phi) is 8.25. The van der Waals surface area contributed by atoms with Crippen molar-refractivity contribution in [3.63, 3.8) is 0 Å². The van der Waals surface area contributed by atoms with Gasteiger partial charge in [-0.15, -0.1) is 0 Å². The highest BCUT2D eigenvalue weighted by Gasteiger charge is 2.81. The number of Topliss-reactive ketones (excluding diaryl/α,β-unsaturated/α-hetero) is 2. The molecule has 1 saturated carbocycles. The molecule has 1 spiro atoms. The fourth-order valence-electron chi connectivity index (χ4n) is 8.41. The number of aliphatic carboxylic acids is 1. The summed E-state index contributed by atoms with van der Waals surface area (Å²) in [4.78, 5) is 54.0. The fraction of sp³-hybridized carbons (Fsp3) is 0.500. The normalized spacial score (nSPS) is 29.9. The number of carbonyl (C=O) groups excluding carboxylic acids is 3. The number of ether oxygens (including phenoxy) is 4. The quantitative estimate of drug-likeness (QED) is 0.123. The summed E-state index contributed by atoms with van der Waals surface area (Å²) in [5.74, 6) is -2.71. The Morgan fingerprint density at radius 1 is 0.980 bits per heavy atom. The molecule has 3 aliphatic heterocycles. The molecule has 1 saturated heterocycles. The standard InChI is InChI=1S/C40H46O9/c1-21(2)11-10-16-38(9)17-15-27-32(47-38)26(13-12-22(3)4)34-30(33(27)46-24(6)41)31(42)28-19-25-20-29-37(7,8)49-39(35(25)43,40(28,29)48-34)18-14-23(5)36(44)45/h11-12,14-15,17,19,25,29H,10,13,16,18,20H2,1-9H3,(H,44,45)/t25-,29+,38-,39?,40-/m1/s1. The highest BCUT2D eigenvalue weighted by Crippen LogP contribution is 2.68. The number of carbonyl (C=O) groups is 4. The van der Waals surface area contributed by atoms with Gasteiger partial charge in [-0.3, -0.25) is 14.4 Å². The van der Waals surface area contributed by atoms with Crippen LogP contribution >= 0.6 is 0 Å². The van der Waals surface area contributed by atoms with Gasteiger partial charge in [0.2, 0.25) is 0 Å². The molecule has 9 nitrogen and oxygen atoms in total. The van der Waals surface area contributed by atoms with Crippen molar-refractivity contribution in [3.05, 3.63) is 69.4 Å². The van der Waals surface area contributed by atoms with Gasteiger partial charge in [0.05, 0.1) is 11.2 Å². The number of ketones is 2. The van der Waals surface area contributed by atoms with E-state index in [1.807, 2.05) is 66.7 Å². The van der Waals surface area contributed by atoms with Crippen LogP contribution in [0.5, 0.6) is 17.2 Å². The molecule has 1 N–H and O–H groups in total. The van der Waals surface area contributed by atoms with E-state index in [9.17, 15) is 19.5 Å². The SMILES string of the molecule is CC(=O)Oc1c2c(c(CC=C(C)C)c3c1C(=O)C1=C[C@@H]4C[C@H]5C(C)(C)OC(CC=C(C)C(=O)O)(C4=O)[C@@]15O3)O[C@](C)(CCC=C(C)C)C=C2. The number of hydrogen-bond acceptors (Lipinski definition) is 8. The molecule has 3 heterocycles. The van der Waals surface area contributed by atoms with E-state index in [0.717, 1.165) is 12.0 Å². The van der Waals surface area contributed by atoms with Crippen molar-refractivity contribution in [2.24, 2.45) is 11.8 Å². The maximum atomic E-state index is 15.1. The Morgan fingerprint density at radius 3 is 2.31 bits per heavy atom. The van der Waals surface area contributed by atoms with Gasteiger partial charge in [0.1, 0.15) is 22.7 Å². The van der Waals surface area contributed by atoms with Crippen LogP contribution in [0, 0.1) is 11.8 Å². The second-order valence-electron chi connectivity index (χ2n) is 15.3. The minimum Gasteiger partial charge on any atom is -0.482 e. The van der Waals surface area contributed by atoms with Gasteiger partial charge in [0.15, 0.2) is 28.5 Å². The number of hydrogen-bond donors (Lipinski definition) is 1. The first kappa shape index (κ1) is 34.6. The summed E-state index contributed by atoms with van der Waals surface area (Å²) in [5, 5.41) is 9.70. The number of carboxylic acids is 1. The van der Waals surface area contributed by atoms with E-state index in [0.29, 0.717) is 36.1 Å². The van der Waals surface area contributed by atoms with Crippen LogP contribution in [0.4, 0.5) is 0 Å². The number of allylic oxidation sites excluding steroid dienone is 5. The molecule has 6 aliphatic rings. The second-order valence-corrected chi connectivity index (χ2v) is 15.3. The Bertz CT molecular complexity index is 1840. The average molecular weight is 671 g/mol. The van der Waals surface area contributed by atoms with E-state index in [-0.39, 0.29) is 40.4 Å². The molecule has 3 aliphatic carbocycles. The van der Waals surface area contributed by atoms with Crippen LogP contribution in [0.1, 0.15) is 109 Å². The molecule has 1 aromatic carbocycles.